The monoisotopic (exact) mass is 189 g/mol. The minimum atomic E-state index is 0.675. The Kier molecular flexibility index (Phi) is 3.18. The van der Waals surface area contributed by atoms with Gasteiger partial charge in [-0.1, -0.05) is 23.2 Å². The van der Waals surface area contributed by atoms with Crippen LogP contribution in [-0.2, 0) is 6.54 Å². The van der Waals surface area contributed by atoms with Gasteiger partial charge in [-0.15, -0.1) is 0 Å². The van der Waals surface area contributed by atoms with Crippen molar-refractivity contribution in [2.75, 3.05) is 0 Å². The lowest BCUT2D eigenvalue weighted by Gasteiger charge is -2.01. The summed E-state index contributed by atoms with van der Waals surface area (Å²) in [7, 11) is 3.63. The van der Waals surface area contributed by atoms with Crippen molar-refractivity contribution in [1.29, 1.82) is 0 Å². The third-order valence-corrected chi connectivity index (χ3v) is 1.74. The van der Waals surface area contributed by atoms with E-state index in [1.165, 1.54) is 0 Å². The summed E-state index contributed by atoms with van der Waals surface area (Å²) in [4.78, 5) is 0. The quantitative estimate of drug-likeness (QED) is 0.685. The molecule has 0 amide bonds. The Morgan fingerprint density at radius 2 is 1.73 bits per heavy atom. The second-order valence-corrected chi connectivity index (χ2v) is 3.14. The van der Waals surface area contributed by atoms with E-state index in [-0.39, 0.29) is 0 Å². The molecule has 60 valence electrons. The van der Waals surface area contributed by atoms with E-state index >= 15 is 0 Å². The summed E-state index contributed by atoms with van der Waals surface area (Å²) in [6.45, 7) is 0.806. The second-order valence-electron chi connectivity index (χ2n) is 2.27. The third-order valence-electron chi connectivity index (χ3n) is 1.30. The minimum absolute atomic E-state index is 0.675. The first-order valence-electron chi connectivity index (χ1n) is 3.28. The highest BCUT2D eigenvalue weighted by molar-refractivity contribution is 6.34. The molecule has 0 aromatic heterocycles. The van der Waals surface area contributed by atoms with Crippen molar-refractivity contribution in [3.63, 3.8) is 0 Å². The maximum Gasteiger partial charge on any atom is 0.0774 e. The zero-order valence-electron chi connectivity index (χ0n) is 5.98. The lowest BCUT2D eigenvalue weighted by Crippen LogP contribution is -2.74. The Morgan fingerprint density at radius 1 is 1.18 bits per heavy atom. The molecular weight excluding hydrogens is 181 g/mol. The molecule has 1 rings (SSSR count). The number of hydrogen-bond acceptors (Lipinski definition) is 0. The Hall–Kier alpha value is -0.240. The third kappa shape index (κ3) is 2.70. The molecular formula is C8H9Cl2N. The Labute approximate surface area is 76.3 Å². The van der Waals surface area contributed by atoms with Crippen molar-refractivity contribution in [2.24, 2.45) is 0 Å². The van der Waals surface area contributed by atoms with Crippen LogP contribution in [0.25, 0.3) is 0 Å². The van der Waals surface area contributed by atoms with Crippen LogP contribution in [0.4, 0.5) is 0 Å². The van der Waals surface area contributed by atoms with Gasteiger partial charge in [0.25, 0.3) is 0 Å². The molecule has 0 spiro atoms. The van der Waals surface area contributed by atoms with Crippen molar-refractivity contribution in [3.8, 4) is 0 Å². The van der Waals surface area contributed by atoms with Gasteiger partial charge in [-0.2, -0.15) is 7.05 Å². The first-order valence-corrected chi connectivity index (χ1v) is 4.04. The van der Waals surface area contributed by atoms with E-state index in [2.05, 4.69) is 7.05 Å². The average molecular weight is 190 g/mol. The van der Waals surface area contributed by atoms with Crippen LogP contribution in [0, 0.1) is 7.05 Å². The van der Waals surface area contributed by atoms with Crippen molar-refractivity contribution in [1.82, 2.24) is 0 Å². The van der Waals surface area contributed by atoms with Crippen LogP contribution in [-0.4, -0.2) is 0 Å². The average Bonchev–Trinajstić information content (AvgIpc) is 1.85. The molecule has 0 saturated carbocycles. The predicted molar refractivity (Wildman–Crippen MR) is 47.4 cm³/mol. The van der Waals surface area contributed by atoms with Gasteiger partial charge in [0, 0.05) is 15.6 Å². The standard InChI is InChI=1S/C8H9Cl2N/c1-11-5-6-2-7(9)4-8(10)3-6/h2-4H,1,5,11H2. The van der Waals surface area contributed by atoms with Gasteiger partial charge in [0.05, 0.1) is 6.54 Å². The summed E-state index contributed by atoms with van der Waals surface area (Å²) in [5.41, 5.74) is 1.09. The lowest BCUT2D eigenvalue weighted by molar-refractivity contribution is -0.612. The van der Waals surface area contributed by atoms with Crippen LogP contribution in [0.15, 0.2) is 18.2 Å². The van der Waals surface area contributed by atoms with Crippen LogP contribution in [0.5, 0.6) is 0 Å². The van der Waals surface area contributed by atoms with Crippen LogP contribution in [0.1, 0.15) is 5.56 Å². The van der Waals surface area contributed by atoms with Gasteiger partial charge in [0.15, 0.2) is 0 Å². The zero-order chi connectivity index (χ0) is 8.27. The number of nitrogens with two attached hydrogens (primary N) is 1. The topological polar surface area (TPSA) is 16.6 Å². The van der Waals surface area contributed by atoms with E-state index in [0.717, 1.165) is 12.1 Å². The fraction of sp³-hybridized carbons (Fsp3) is 0.125. The van der Waals surface area contributed by atoms with Gasteiger partial charge in [-0.05, 0) is 18.2 Å². The van der Waals surface area contributed by atoms with Crippen LogP contribution < -0.4 is 5.32 Å². The minimum Gasteiger partial charge on any atom is -0.475 e. The molecule has 11 heavy (non-hydrogen) atoms. The highest BCUT2D eigenvalue weighted by atomic mass is 35.5. The number of quaternary nitrogens is 1. The van der Waals surface area contributed by atoms with E-state index in [9.17, 15) is 0 Å². The number of benzene rings is 1. The molecule has 0 aliphatic rings. The first kappa shape index (κ1) is 8.85. The van der Waals surface area contributed by atoms with E-state index in [1.54, 1.807) is 6.07 Å². The Morgan fingerprint density at radius 3 is 2.18 bits per heavy atom. The highest BCUT2D eigenvalue weighted by Crippen LogP contribution is 2.18. The molecule has 0 atom stereocenters. The number of rotatable bonds is 2. The summed E-state index contributed by atoms with van der Waals surface area (Å²) in [6, 6.07) is 5.49. The van der Waals surface area contributed by atoms with E-state index < -0.39 is 0 Å². The SMILES string of the molecule is [CH2-][NH2+]Cc1cc(Cl)cc(Cl)c1. The molecule has 1 nitrogen and oxygen atoms in total. The Balaban J connectivity index is 2.89. The number of hydrogen-bond donors (Lipinski definition) is 1. The zero-order valence-corrected chi connectivity index (χ0v) is 7.49. The van der Waals surface area contributed by atoms with Gasteiger partial charge in [0.2, 0.25) is 0 Å². The van der Waals surface area contributed by atoms with Gasteiger partial charge in [-0.3, -0.25) is 0 Å². The fourth-order valence-electron chi connectivity index (χ4n) is 0.895. The van der Waals surface area contributed by atoms with Crippen molar-refractivity contribution >= 4 is 23.2 Å². The van der Waals surface area contributed by atoms with Crippen LogP contribution >= 0.6 is 23.2 Å². The molecule has 0 fully saturated rings. The van der Waals surface area contributed by atoms with Crippen LogP contribution in [0.3, 0.4) is 0 Å². The largest absolute Gasteiger partial charge is 0.475 e. The van der Waals surface area contributed by atoms with Gasteiger partial charge >= 0.3 is 0 Å². The van der Waals surface area contributed by atoms with E-state index in [4.69, 9.17) is 23.2 Å². The molecule has 0 radical (unpaired) electrons. The molecule has 0 heterocycles. The first-order chi connectivity index (χ1) is 5.22. The molecule has 3 heteroatoms. The molecule has 0 saturated heterocycles. The molecule has 1 aromatic carbocycles. The summed E-state index contributed by atoms with van der Waals surface area (Å²) >= 11 is 11.5. The molecule has 0 aliphatic carbocycles. The number of halogens is 2. The van der Waals surface area contributed by atoms with Crippen molar-refractivity contribution in [3.05, 3.63) is 40.9 Å². The fourth-order valence-corrected chi connectivity index (χ4v) is 1.47. The maximum atomic E-state index is 5.77. The molecule has 0 aliphatic heterocycles. The van der Waals surface area contributed by atoms with Gasteiger partial charge < -0.3 is 5.32 Å². The summed E-state index contributed by atoms with van der Waals surface area (Å²) in [5, 5.41) is 3.17. The molecule has 1 aromatic rings. The molecule has 0 unspecified atom stereocenters. The smallest absolute Gasteiger partial charge is 0.0774 e. The predicted octanol–water partition coefficient (Wildman–Crippen LogP) is 1.85. The lowest BCUT2D eigenvalue weighted by atomic mass is 10.2. The van der Waals surface area contributed by atoms with Crippen molar-refractivity contribution in [2.45, 2.75) is 6.54 Å². The van der Waals surface area contributed by atoms with Crippen LogP contribution in [0.2, 0.25) is 10.0 Å². The van der Waals surface area contributed by atoms with Gasteiger partial charge in [0.1, 0.15) is 0 Å². The Bertz CT molecular complexity index is 228. The molecule has 2 N–H and O–H groups in total. The van der Waals surface area contributed by atoms with E-state index in [0.29, 0.717) is 10.0 Å². The normalized spacial score (nSPS) is 10.1. The van der Waals surface area contributed by atoms with Crippen molar-refractivity contribution < 1.29 is 5.32 Å². The summed E-state index contributed by atoms with van der Waals surface area (Å²) in [5.74, 6) is 0. The highest BCUT2D eigenvalue weighted by Gasteiger charge is 1.96. The van der Waals surface area contributed by atoms with Gasteiger partial charge in [-0.25, -0.2) is 0 Å². The maximum absolute atomic E-state index is 5.77. The van der Waals surface area contributed by atoms with E-state index in [1.807, 2.05) is 17.4 Å². The summed E-state index contributed by atoms with van der Waals surface area (Å²) in [6.07, 6.45) is 0. The molecule has 0 bridgehead atoms. The second kappa shape index (κ2) is 3.96. The summed E-state index contributed by atoms with van der Waals surface area (Å²) < 4.78 is 0.